The molecule has 0 atom stereocenters. The lowest BCUT2D eigenvalue weighted by atomic mass is 10.1. The van der Waals surface area contributed by atoms with Crippen molar-refractivity contribution in [2.45, 2.75) is 32.7 Å². The zero-order valence-electron chi connectivity index (χ0n) is 16.2. The first-order valence-corrected chi connectivity index (χ1v) is 9.18. The van der Waals surface area contributed by atoms with Crippen LogP contribution < -0.4 is 4.74 Å². The molecular weight excluding hydrogens is 363 g/mol. The van der Waals surface area contributed by atoms with Crippen molar-refractivity contribution >= 4 is 11.9 Å². The molecule has 28 heavy (non-hydrogen) atoms. The maximum absolute atomic E-state index is 13.8. The standard InChI is InChI=1S/C21H25FN2O4/c1-3-28-21(26)10-12-24(15-17-5-4-11-23-14-17)20(25)9-7-16-6-8-19(27-2)18(22)13-16/h4-6,8,11,13-14H,3,7,9-10,12,15H2,1-2H3. The number of aryl methyl sites for hydroxylation is 1. The molecule has 0 aliphatic carbocycles. The Morgan fingerprint density at radius 1 is 1.18 bits per heavy atom. The fraction of sp³-hybridized carbons (Fsp3) is 0.381. The van der Waals surface area contributed by atoms with E-state index >= 15 is 0 Å². The van der Waals surface area contributed by atoms with Crippen molar-refractivity contribution in [2.24, 2.45) is 0 Å². The van der Waals surface area contributed by atoms with Crippen LogP contribution in [0.4, 0.5) is 4.39 Å². The minimum Gasteiger partial charge on any atom is -0.494 e. The van der Waals surface area contributed by atoms with Gasteiger partial charge in [0.25, 0.3) is 0 Å². The van der Waals surface area contributed by atoms with Crippen molar-refractivity contribution in [1.82, 2.24) is 9.88 Å². The van der Waals surface area contributed by atoms with Gasteiger partial charge in [0.2, 0.25) is 5.91 Å². The van der Waals surface area contributed by atoms with Crippen LogP contribution in [-0.4, -0.2) is 42.0 Å². The van der Waals surface area contributed by atoms with Crippen molar-refractivity contribution in [1.29, 1.82) is 0 Å². The van der Waals surface area contributed by atoms with Crippen molar-refractivity contribution in [3.63, 3.8) is 0 Å². The van der Waals surface area contributed by atoms with Crippen LogP contribution in [0.2, 0.25) is 0 Å². The second-order valence-electron chi connectivity index (χ2n) is 6.20. The van der Waals surface area contributed by atoms with E-state index in [0.717, 1.165) is 5.56 Å². The zero-order chi connectivity index (χ0) is 20.4. The average molecular weight is 388 g/mol. The molecule has 1 aromatic heterocycles. The largest absolute Gasteiger partial charge is 0.494 e. The van der Waals surface area contributed by atoms with Crippen LogP contribution in [-0.2, 0) is 27.3 Å². The number of esters is 1. The van der Waals surface area contributed by atoms with Crippen molar-refractivity contribution in [3.05, 3.63) is 59.7 Å². The summed E-state index contributed by atoms with van der Waals surface area (Å²) in [4.78, 5) is 30.1. The number of rotatable bonds is 10. The minimum atomic E-state index is -0.457. The number of carbonyl (C=O) groups is 2. The molecule has 2 aromatic rings. The first-order valence-electron chi connectivity index (χ1n) is 9.18. The Hall–Kier alpha value is -2.96. The number of aromatic nitrogens is 1. The van der Waals surface area contributed by atoms with E-state index in [1.165, 1.54) is 13.2 Å². The molecule has 0 bridgehead atoms. The summed E-state index contributed by atoms with van der Waals surface area (Å²) < 4.78 is 23.7. The Bertz CT molecular complexity index is 783. The van der Waals surface area contributed by atoms with Crippen molar-refractivity contribution in [3.8, 4) is 5.75 Å². The molecule has 150 valence electrons. The number of amides is 1. The van der Waals surface area contributed by atoms with Gasteiger partial charge in [0, 0.05) is 31.9 Å². The summed E-state index contributed by atoms with van der Waals surface area (Å²) in [5, 5.41) is 0. The van der Waals surface area contributed by atoms with Crippen LogP contribution in [0.3, 0.4) is 0 Å². The Kier molecular flexibility index (Phi) is 8.39. The molecule has 0 radical (unpaired) electrons. The quantitative estimate of drug-likeness (QED) is 0.585. The van der Waals surface area contributed by atoms with Crippen LogP contribution in [0.5, 0.6) is 5.75 Å². The summed E-state index contributed by atoms with van der Waals surface area (Å²) in [6.45, 7) is 2.65. The molecule has 0 fully saturated rings. The number of nitrogens with zero attached hydrogens (tertiary/aromatic N) is 2. The molecule has 1 aromatic carbocycles. The molecule has 0 unspecified atom stereocenters. The lowest BCUT2D eigenvalue weighted by molar-refractivity contribution is -0.144. The average Bonchev–Trinajstić information content (AvgIpc) is 2.70. The second kappa shape index (κ2) is 11.0. The maximum atomic E-state index is 13.8. The van der Waals surface area contributed by atoms with Gasteiger partial charge in [-0.05, 0) is 42.7 Å². The van der Waals surface area contributed by atoms with Gasteiger partial charge in [0.05, 0.1) is 20.1 Å². The smallest absolute Gasteiger partial charge is 0.307 e. The van der Waals surface area contributed by atoms with Gasteiger partial charge < -0.3 is 14.4 Å². The minimum absolute atomic E-state index is 0.121. The number of hydrogen-bond donors (Lipinski definition) is 0. The molecule has 0 saturated carbocycles. The molecule has 1 amide bonds. The lowest BCUT2D eigenvalue weighted by Crippen LogP contribution is -2.33. The van der Waals surface area contributed by atoms with Gasteiger partial charge in [-0.3, -0.25) is 14.6 Å². The third kappa shape index (κ3) is 6.64. The highest BCUT2D eigenvalue weighted by Gasteiger charge is 2.16. The van der Waals surface area contributed by atoms with Gasteiger partial charge in [-0.2, -0.15) is 0 Å². The molecule has 0 aliphatic heterocycles. The number of carbonyl (C=O) groups excluding carboxylic acids is 2. The Morgan fingerprint density at radius 3 is 2.64 bits per heavy atom. The van der Waals surface area contributed by atoms with Crippen LogP contribution in [0, 0.1) is 5.82 Å². The predicted molar refractivity (Wildman–Crippen MR) is 102 cm³/mol. The fourth-order valence-corrected chi connectivity index (χ4v) is 2.74. The number of benzene rings is 1. The van der Waals surface area contributed by atoms with Gasteiger partial charge in [0.15, 0.2) is 11.6 Å². The third-order valence-electron chi connectivity index (χ3n) is 4.18. The highest BCUT2D eigenvalue weighted by Crippen LogP contribution is 2.19. The number of ether oxygens (including phenoxy) is 2. The van der Waals surface area contributed by atoms with E-state index < -0.39 is 5.82 Å². The van der Waals surface area contributed by atoms with E-state index in [1.807, 2.05) is 6.07 Å². The van der Waals surface area contributed by atoms with E-state index in [2.05, 4.69) is 4.98 Å². The summed E-state index contributed by atoms with van der Waals surface area (Å²) in [5.74, 6) is -0.752. The summed E-state index contributed by atoms with van der Waals surface area (Å²) in [6.07, 6.45) is 4.06. The highest BCUT2D eigenvalue weighted by molar-refractivity contribution is 5.77. The normalized spacial score (nSPS) is 10.4. The summed E-state index contributed by atoms with van der Waals surface area (Å²) in [5.41, 5.74) is 1.58. The topological polar surface area (TPSA) is 68.7 Å². The van der Waals surface area contributed by atoms with Gasteiger partial charge >= 0.3 is 5.97 Å². The van der Waals surface area contributed by atoms with E-state index in [9.17, 15) is 14.0 Å². The number of hydrogen-bond acceptors (Lipinski definition) is 5. The molecule has 0 saturated heterocycles. The molecular formula is C21H25FN2O4. The lowest BCUT2D eigenvalue weighted by Gasteiger charge is -2.22. The number of methoxy groups -OCH3 is 1. The van der Waals surface area contributed by atoms with E-state index in [-0.39, 0.29) is 37.0 Å². The maximum Gasteiger partial charge on any atom is 0.307 e. The SMILES string of the molecule is CCOC(=O)CCN(Cc1cccnc1)C(=O)CCc1ccc(OC)c(F)c1. The van der Waals surface area contributed by atoms with E-state index in [4.69, 9.17) is 9.47 Å². The van der Waals surface area contributed by atoms with Crippen molar-refractivity contribution in [2.75, 3.05) is 20.3 Å². The summed E-state index contributed by atoms with van der Waals surface area (Å²) in [7, 11) is 1.40. The van der Waals surface area contributed by atoms with Crippen LogP contribution in [0.1, 0.15) is 30.9 Å². The van der Waals surface area contributed by atoms with Crippen LogP contribution >= 0.6 is 0 Å². The molecule has 0 spiro atoms. The van der Waals surface area contributed by atoms with Gasteiger partial charge in [-0.15, -0.1) is 0 Å². The Labute approximate surface area is 164 Å². The zero-order valence-corrected chi connectivity index (χ0v) is 16.2. The second-order valence-corrected chi connectivity index (χ2v) is 6.20. The van der Waals surface area contributed by atoms with E-state index in [1.54, 1.807) is 42.4 Å². The first kappa shape index (κ1) is 21.3. The van der Waals surface area contributed by atoms with E-state index in [0.29, 0.717) is 25.1 Å². The summed E-state index contributed by atoms with van der Waals surface area (Å²) >= 11 is 0. The molecule has 6 nitrogen and oxygen atoms in total. The Morgan fingerprint density at radius 2 is 2.00 bits per heavy atom. The van der Waals surface area contributed by atoms with Gasteiger partial charge in [-0.1, -0.05) is 12.1 Å². The molecule has 0 N–H and O–H groups in total. The highest BCUT2D eigenvalue weighted by atomic mass is 19.1. The first-order chi connectivity index (χ1) is 13.5. The Balaban J connectivity index is 2.00. The van der Waals surface area contributed by atoms with Crippen molar-refractivity contribution < 1.29 is 23.5 Å². The monoisotopic (exact) mass is 388 g/mol. The van der Waals surface area contributed by atoms with Gasteiger partial charge in [-0.25, -0.2) is 4.39 Å². The predicted octanol–water partition coefficient (Wildman–Crippen LogP) is 3.14. The molecule has 7 heteroatoms. The number of halogens is 1. The van der Waals surface area contributed by atoms with Gasteiger partial charge in [0.1, 0.15) is 0 Å². The van der Waals surface area contributed by atoms with Crippen LogP contribution in [0.25, 0.3) is 0 Å². The fourth-order valence-electron chi connectivity index (χ4n) is 2.74. The third-order valence-corrected chi connectivity index (χ3v) is 4.18. The number of pyridine rings is 1. The summed E-state index contributed by atoms with van der Waals surface area (Å²) in [6, 6.07) is 8.32. The molecule has 2 rings (SSSR count). The molecule has 1 heterocycles. The molecule has 0 aliphatic rings. The van der Waals surface area contributed by atoms with Crippen LogP contribution in [0.15, 0.2) is 42.7 Å².